The zero-order chi connectivity index (χ0) is 0. The molecule has 0 atom stereocenters. The molecule has 2 N–H and O–H groups in total. The van der Waals surface area contributed by atoms with Gasteiger partial charge in [0.2, 0.25) is 0 Å². The number of hydrogen-bond acceptors (Lipinski definition) is 0. The molecule has 0 radical (unpaired) electrons. The van der Waals surface area contributed by atoms with Crippen molar-refractivity contribution in [3.05, 3.63) is 0 Å². The molecule has 0 rings (SSSR count). The van der Waals surface area contributed by atoms with Gasteiger partial charge >= 0.3 is 77.5 Å². The summed E-state index contributed by atoms with van der Waals surface area (Å²) in [7, 11) is 0. The van der Waals surface area contributed by atoms with Gasteiger partial charge in [0.25, 0.3) is 0 Å². The summed E-state index contributed by atoms with van der Waals surface area (Å²) in [5.41, 5.74) is 0. The quantitative estimate of drug-likeness (QED) is 0.412. The van der Waals surface area contributed by atoms with Gasteiger partial charge in [-0.25, -0.2) is 0 Å². The summed E-state index contributed by atoms with van der Waals surface area (Å²) >= 11 is 0. The SMILES string of the molecule is O.[InH3].[InH3].[InH3]. The van der Waals surface area contributed by atoms with Crippen LogP contribution in [0, 0.1) is 0 Å². The Hall–Kier alpha value is 2.57. The van der Waals surface area contributed by atoms with Crippen LogP contribution < -0.4 is 0 Å². The Labute approximate surface area is 81.6 Å². The molecule has 0 amide bonds. The van der Waals surface area contributed by atoms with Crippen LogP contribution in [0.15, 0.2) is 0 Å². The van der Waals surface area contributed by atoms with Crippen molar-refractivity contribution in [1.29, 1.82) is 0 Å². The topological polar surface area (TPSA) is 31.5 Å². The standard InChI is InChI=1S/3In.H2O.9H/h;;;1H2;;;;;;;;;. The molecule has 0 spiro atoms. The van der Waals surface area contributed by atoms with Crippen molar-refractivity contribution in [2.75, 3.05) is 0 Å². The molecule has 0 aliphatic heterocycles. The van der Waals surface area contributed by atoms with Crippen molar-refractivity contribution in [3.8, 4) is 0 Å². The Morgan fingerprint density at radius 1 is 0.500 bits per heavy atom. The predicted octanol–water partition coefficient (Wildman–Crippen LogP) is -4.38. The van der Waals surface area contributed by atoms with Gasteiger partial charge in [0.1, 0.15) is 0 Å². The number of rotatable bonds is 0. The van der Waals surface area contributed by atoms with Gasteiger partial charge in [-0.15, -0.1) is 0 Å². The van der Waals surface area contributed by atoms with E-state index in [1.807, 2.05) is 0 Å². The van der Waals surface area contributed by atoms with Crippen molar-refractivity contribution in [2.45, 2.75) is 0 Å². The Kier molecular flexibility index (Phi) is 136. The van der Waals surface area contributed by atoms with Gasteiger partial charge in [-0.05, 0) is 0 Å². The Morgan fingerprint density at radius 2 is 0.500 bits per heavy atom. The van der Waals surface area contributed by atoms with Crippen LogP contribution in [0.3, 0.4) is 0 Å². The zero-order valence-corrected chi connectivity index (χ0v) is 0.500. The first kappa shape index (κ1) is 30.9. The van der Waals surface area contributed by atoms with Gasteiger partial charge in [-0.3, -0.25) is 0 Å². The van der Waals surface area contributed by atoms with Crippen molar-refractivity contribution in [1.82, 2.24) is 0 Å². The van der Waals surface area contributed by atoms with Gasteiger partial charge < -0.3 is 5.48 Å². The second-order valence-electron chi connectivity index (χ2n) is 0. The van der Waals surface area contributed by atoms with Crippen LogP contribution in [0.25, 0.3) is 0 Å². The van der Waals surface area contributed by atoms with Crippen LogP contribution >= 0.6 is 0 Å². The van der Waals surface area contributed by atoms with Crippen LogP contribution in [0.1, 0.15) is 0 Å². The third-order valence-electron chi connectivity index (χ3n) is 0. The van der Waals surface area contributed by atoms with E-state index < -0.39 is 0 Å². The molecule has 0 aliphatic rings. The molecule has 0 aromatic heterocycles. The fraction of sp³-hybridized carbons (Fsp3) is 0. The molecule has 1 nitrogen and oxygen atoms in total. The predicted molar refractivity (Wildman–Crippen MR) is 33.4 cm³/mol. The van der Waals surface area contributed by atoms with Gasteiger partial charge in [0, 0.05) is 0 Å². The summed E-state index contributed by atoms with van der Waals surface area (Å²) in [6, 6.07) is 0. The van der Waals surface area contributed by atoms with E-state index in [1.165, 1.54) is 0 Å². The fourth-order valence-corrected chi connectivity index (χ4v) is 0. The van der Waals surface area contributed by atoms with Crippen molar-refractivity contribution < 1.29 is 5.48 Å². The summed E-state index contributed by atoms with van der Waals surface area (Å²) in [4.78, 5) is 0. The first-order chi connectivity index (χ1) is 0. The third kappa shape index (κ3) is 8.82. The van der Waals surface area contributed by atoms with Gasteiger partial charge in [0.15, 0.2) is 0 Å². The molecule has 26 valence electrons. The molecule has 0 saturated carbocycles. The first-order valence-corrected chi connectivity index (χ1v) is 0. The molecule has 0 fully saturated rings. The summed E-state index contributed by atoms with van der Waals surface area (Å²) in [5.74, 6) is 0. The normalized spacial score (nSPS) is 0. The minimum absolute atomic E-state index is 0. The van der Waals surface area contributed by atoms with E-state index in [0.717, 1.165) is 0 Å². The van der Waals surface area contributed by atoms with E-state index in [4.69, 9.17) is 0 Å². The van der Waals surface area contributed by atoms with Crippen molar-refractivity contribution in [2.24, 2.45) is 0 Å². The Bertz CT molecular complexity index is 3.25. The van der Waals surface area contributed by atoms with E-state index >= 15 is 0 Å². The average molecular weight is 372 g/mol. The van der Waals surface area contributed by atoms with Crippen LogP contribution in [-0.2, 0) is 0 Å². The van der Waals surface area contributed by atoms with E-state index in [1.54, 1.807) is 0 Å². The zero-order valence-electron chi connectivity index (χ0n) is 0.500. The van der Waals surface area contributed by atoms with Gasteiger partial charge in [0.05, 0.1) is 0 Å². The minimum atomic E-state index is 0. The monoisotopic (exact) mass is 372 g/mol. The first-order valence-electron chi connectivity index (χ1n) is 0. The Morgan fingerprint density at radius 3 is 0.500 bits per heavy atom. The fourth-order valence-electron chi connectivity index (χ4n) is 0. The maximum absolute atomic E-state index is 0. The number of hydrogen-bond donors (Lipinski definition) is 0. The molecule has 4 heavy (non-hydrogen) atoms. The second-order valence-corrected chi connectivity index (χ2v) is 0. The van der Waals surface area contributed by atoms with E-state index in [2.05, 4.69) is 0 Å². The molecular weight excluding hydrogens is 360 g/mol. The third-order valence-corrected chi connectivity index (χ3v) is 0. The van der Waals surface area contributed by atoms with Crippen molar-refractivity contribution >= 4 is 77.5 Å². The average Bonchev–Trinajstić information content (AvgIpc) is 0. The summed E-state index contributed by atoms with van der Waals surface area (Å²) in [6.07, 6.45) is 0. The summed E-state index contributed by atoms with van der Waals surface area (Å²) in [5, 5.41) is 0. The van der Waals surface area contributed by atoms with E-state index in [-0.39, 0.29) is 83.0 Å². The molecule has 0 heterocycles. The molecule has 0 unspecified atom stereocenters. The Balaban J connectivity index is 0. The van der Waals surface area contributed by atoms with Crippen LogP contribution in [0.4, 0.5) is 0 Å². The molecule has 0 saturated heterocycles. The molecular formula is H11In3O. The maximum atomic E-state index is 0. The summed E-state index contributed by atoms with van der Waals surface area (Å²) in [6.45, 7) is 0. The van der Waals surface area contributed by atoms with Crippen LogP contribution in [-0.4, -0.2) is 83.0 Å². The summed E-state index contributed by atoms with van der Waals surface area (Å²) < 4.78 is 0. The van der Waals surface area contributed by atoms with Gasteiger partial charge in [-0.1, -0.05) is 0 Å². The molecule has 0 aromatic carbocycles. The van der Waals surface area contributed by atoms with Crippen LogP contribution in [0.2, 0.25) is 0 Å². The van der Waals surface area contributed by atoms with E-state index in [0.29, 0.717) is 0 Å². The van der Waals surface area contributed by atoms with Crippen LogP contribution in [0.5, 0.6) is 0 Å². The molecule has 0 aromatic rings. The molecule has 4 heteroatoms. The van der Waals surface area contributed by atoms with Crippen molar-refractivity contribution in [3.63, 3.8) is 0 Å². The van der Waals surface area contributed by atoms with E-state index in [9.17, 15) is 0 Å². The second kappa shape index (κ2) is 17.6. The van der Waals surface area contributed by atoms with Gasteiger partial charge in [-0.2, -0.15) is 0 Å². The molecule has 0 aliphatic carbocycles. The molecule has 0 bridgehead atoms.